The number of hydrogen-bond donors (Lipinski definition) is 1. The van der Waals surface area contributed by atoms with E-state index in [4.69, 9.17) is 4.74 Å². The molecule has 0 aliphatic carbocycles. The third-order valence-electron chi connectivity index (χ3n) is 3.03. The first-order chi connectivity index (χ1) is 10.2. The molecular weight excluding hydrogens is 276 g/mol. The lowest BCUT2D eigenvalue weighted by Gasteiger charge is -2.10. The van der Waals surface area contributed by atoms with Crippen LogP contribution in [0.3, 0.4) is 0 Å². The molecule has 0 fully saturated rings. The number of halogens is 2. The molecule has 3 aromatic rings. The Labute approximate surface area is 119 Å². The van der Waals surface area contributed by atoms with Crippen LogP contribution in [-0.2, 0) is 0 Å². The fourth-order valence-electron chi connectivity index (χ4n) is 1.98. The molecule has 106 valence electrons. The number of aromatic nitrogens is 2. The van der Waals surface area contributed by atoms with Gasteiger partial charge in [-0.05, 0) is 30.3 Å². The second-order valence-corrected chi connectivity index (χ2v) is 4.35. The van der Waals surface area contributed by atoms with Crippen LogP contribution in [0.25, 0.3) is 10.9 Å². The van der Waals surface area contributed by atoms with E-state index in [1.165, 1.54) is 18.5 Å². The van der Waals surface area contributed by atoms with E-state index < -0.39 is 11.6 Å². The van der Waals surface area contributed by atoms with Gasteiger partial charge in [-0.1, -0.05) is 0 Å². The zero-order chi connectivity index (χ0) is 14.8. The molecule has 0 radical (unpaired) electrons. The molecule has 0 amide bonds. The van der Waals surface area contributed by atoms with Crippen LogP contribution in [0.2, 0.25) is 0 Å². The average Bonchev–Trinajstić information content (AvgIpc) is 2.50. The second kappa shape index (κ2) is 5.32. The molecule has 0 aliphatic heterocycles. The van der Waals surface area contributed by atoms with Crippen LogP contribution in [0.15, 0.2) is 42.7 Å². The van der Waals surface area contributed by atoms with Gasteiger partial charge in [0.1, 0.15) is 29.5 Å². The first kappa shape index (κ1) is 13.2. The van der Waals surface area contributed by atoms with Gasteiger partial charge in [0.2, 0.25) is 0 Å². The zero-order valence-electron chi connectivity index (χ0n) is 11.1. The van der Waals surface area contributed by atoms with Gasteiger partial charge in [-0.2, -0.15) is 0 Å². The average molecular weight is 287 g/mol. The molecule has 0 unspecified atom stereocenters. The molecule has 3 rings (SSSR count). The smallest absolute Gasteiger partial charge is 0.149 e. The maximum Gasteiger partial charge on any atom is 0.149 e. The topological polar surface area (TPSA) is 47.0 Å². The number of benzene rings is 2. The number of ether oxygens (including phenoxy) is 1. The van der Waals surface area contributed by atoms with Crippen LogP contribution in [0.4, 0.5) is 20.3 Å². The first-order valence-corrected chi connectivity index (χ1v) is 6.18. The molecule has 21 heavy (non-hydrogen) atoms. The molecule has 4 nitrogen and oxygen atoms in total. The van der Waals surface area contributed by atoms with Crippen molar-refractivity contribution in [1.82, 2.24) is 9.97 Å². The predicted octanol–water partition coefficient (Wildman–Crippen LogP) is 3.66. The minimum atomic E-state index is -0.690. The summed E-state index contributed by atoms with van der Waals surface area (Å²) in [6, 6.07) is 8.61. The lowest BCUT2D eigenvalue weighted by Crippen LogP contribution is -1.99. The van der Waals surface area contributed by atoms with Gasteiger partial charge in [0.05, 0.1) is 18.3 Å². The summed E-state index contributed by atoms with van der Waals surface area (Å²) in [6.45, 7) is 0. The molecule has 0 saturated heterocycles. The molecule has 0 bridgehead atoms. The maximum absolute atomic E-state index is 13.7. The number of hydrogen-bond acceptors (Lipinski definition) is 4. The SMILES string of the molecule is COc1ccc2ncnc(Nc3ccc(F)cc3F)c2c1. The van der Waals surface area contributed by atoms with Gasteiger partial charge in [0, 0.05) is 11.5 Å². The van der Waals surface area contributed by atoms with E-state index in [-0.39, 0.29) is 5.69 Å². The second-order valence-electron chi connectivity index (χ2n) is 4.35. The van der Waals surface area contributed by atoms with Crippen molar-refractivity contribution in [3.8, 4) is 5.75 Å². The molecule has 1 N–H and O–H groups in total. The molecule has 6 heteroatoms. The minimum absolute atomic E-state index is 0.138. The fraction of sp³-hybridized carbons (Fsp3) is 0.0667. The van der Waals surface area contributed by atoms with Crippen LogP contribution in [0, 0.1) is 11.6 Å². The highest BCUT2D eigenvalue weighted by molar-refractivity contribution is 5.91. The van der Waals surface area contributed by atoms with Gasteiger partial charge in [-0.15, -0.1) is 0 Å². The number of anilines is 2. The Kier molecular flexibility index (Phi) is 3.35. The van der Waals surface area contributed by atoms with Crippen molar-refractivity contribution in [3.63, 3.8) is 0 Å². The molecule has 0 atom stereocenters. The summed E-state index contributed by atoms with van der Waals surface area (Å²) >= 11 is 0. The van der Waals surface area contributed by atoms with Crippen molar-refractivity contribution < 1.29 is 13.5 Å². The lowest BCUT2D eigenvalue weighted by molar-refractivity contribution is 0.415. The van der Waals surface area contributed by atoms with Gasteiger partial charge in [-0.3, -0.25) is 0 Å². The summed E-state index contributed by atoms with van der Waals surface area (Å²) in [7, 11) is 1.55. The van der Waals surface area contributed by atoms with E-state index in [1.54, 1.807) is 25.3 Å². The van der Waals surface area contributed by atoms with Gasteiger partial charge in [-0.25, -0.2) is 18.7 Å². The monoisotopic (exact) mass is 287 g/mol. The van der Waals surface area contributed by atoms with Crippen molar-refractivity contribution in [2.24, 2.45) is 0 Å². The van der Waals surface area contributed by atoms with Gasteiger partial charge in [0.25, 0.3) is 0 Å². The minimum Gasteiger partial charge on any atom is -0.497 e. The van der Waals surface area contributed by atoms with Crippen molar-refractivity contribution >= 4 is 22.4 Å². The standard InChI is InChI=1S/C15H11F2N3O/c1-21-10-3-5-13-11(7-10)15(19-8-18-13)20-14-4-2-9(16)6-12(14)17/h2-8H,1H3,(H,18,19,20). The van der Waals surface area contributed by atoms with Crippen molar-refractivity contribution in [3.05, 3.63) is 54.4 Å². The van der Waals surface area contributed by atoms with E-state index in [9.17, 15) is 8.78 Å². The molecule has 1 heterocycles. The maximum atomic E-state index is 13.7. The predicted molar refractivity (Wildman–Crippen MR) is 75.7 cm³/mol. The third kappa shape index (κ3) is 2.60. The Morgan fingerprint density at radius 1 is 1.05 bits per heavy atom. The van der Waals surface area contributed by atoms with E-state index in [2.05, 4.69) is 15.3 Å². The fourth-order valence-corrected chi connectivity index (χ4v) is 1.98. The van der Waals surface area contributed by atoms with Crippen LogP contribution in [0.5, 0.6) is 5.75 Å². The van der Waals surface area contributed by atoms with Crippen LogP contribution >= 0.6 is 0 Å². The third-order valence-corrected chi connectivity index (χ3v) is 3.03. The Bertz CT molecular complexity index is 808. The largest absolute Gasteiger partial charge is 0.497 e. The van der Waals surface area contributed by atoms with E-state index >= 15 is 0 Å². The van der Waals surface area contributed by atoms with Crippen LogP contribution in [0.1, 0.15) is 0 Å². The Hall–Kier alpha value is -2.76. The number of fused-ring (bicyclic) bond motifs is 1. The molecule has 0 spiro atoms. The summed E-state index contributed by atoms with van der Waals surface area (Å²) in [5.41, 5.74) is 0.829. The Balaban J connectivity index is 2.07. The van der Waals surface area contributed by atoms with E-state index in [0.717, 1.165) is 6.07 Å². The van der Waals surface area contributed by atoms with Crippen molar-refractivity contribution in [1.29, 1.82) is 0 Å². The summed E-state index contributed by atoms with van der Waals surface area (Å²) in [4.78, 5) is 8.24. The summed E-state index contributed by atoms with van der Waals surface area (Å²) < 4.78 is 31.8. The normalized spacial score (nSPS) is 10.6. The summed E-state index contributed by atoms with van der Waals surface area (Å²) in [6.07, 6.45) is 1.37. The van der Waals surface area contributed by atoms with E-state index in [1.807, 2.05) is 0 Å². The number of nitrogens with zero attached hydrogens (tertiary/aromatic N) is 2. The Morgan fingerprint density at radius 2 is 1.90 bits per heavy atom. The molecule has 1 aromatic heterocycles. The number of methoxy groups -OCH3 is 1. The summed E-state index contributed by atoms with van der Waals surface area (Å²) in [5.74, 6) is -0.263. The molecule has 0 aliphatic rings. The van der Waals surface area contributed by atoms with Crippen molar-refractivity contribution in [2.45, 2.75) is 0 Å². The van der Waals surface area contributed by atoms with Crippen LogP contribution in [-0.4, -0.2) is 17.1 Å². The van der Waals surface area contributed by atoms with Gasteiger partial charge >= 0.3 is 0 Å². The van der Waals surface area contributed by atoms with E-state index in [0.29, 0.717) is 22.5 Å². The number of rotatable bonds is 3. The first-order valence-electron chi connectivity index (χ1n) is 6.18. The van der Waals surface area contributed by atoms with Crippen LogP contribution < -0.4 is 10.1 Å². The highest BCUT2D eigenvalue weighted by Crippen LogP contribution is 2.27. The molecule has 2 aromatic carbocycles. The Morgan fingerprint density at radius 3 is 2.67 bits per heavy atom. The highest BCUT2D eigenvalue weighted by atomic mass is 19.1. The quantitative estimate of drug-likeness (QED) is 0.798. The highest BCUT2D eigenvalue weighted by Gasteiger charge is 2.09. The van der Waals surface area contributed by atoms with Gasteiger partial charge < -0.3 is 10.1 Å². The zero-order valence-corrected chi connectivity index (χ0v) is 11.1. The van der Waals surface area contributed by atoms with Gasteiger partial charge in [0.15, 0.2) is 0 Å². The molecule has 0 saturated carbocycles. The number of nitrogens with one attached hydrogen (secondary N) is 1. The summed E-state index contributed by atoms with van der Waals surface area (Å²) in [5, 5.41) is 3.53. The van der Waals surface area contributed by atoms with Crippen molar-refractivity contribution in [2.75, 3.05) is 12.4 Å². The lowest BCUT2D eigenvalue weighted by atomic mass is 10.2. The molecular formula is C15H11F2N3O.